The molecule has 0 bridgehead atoms. The highest BCUT2D eigenvalue weighted by molar-refractivity contribution is 5.71. The average molecular weight is 393 g/mol. The quantitative estimate of drug-likeness (QED) is 0.706. The Labute approximate surface area is 173 Å². The van der Waals surface area contributed by atoms with Gasteiger partial charge in [0.25, 0.3) is 0 Å². The molecule has 0 atom stereocenters. The number of anilines is 2. The van der Waals surface area contributed by atoms with E-state index in [1.54, 1.807) is 0 Å². The van der Waals surface area contributed by atoms with Crippen LogP contribution in [0.4, 0.5) is 11.4 Å². The van der Waals surface area contributed by atoms with Crippen molar-refractivity contribution in [2.45, 2.75) is 64.7 Å². The van der Waals surface area contributed by atoms with Gasteiger partial charge in [0.05, 0.1) is 0 Å². The number of nitrogens with zero attached hydrogens (tertiary/aromatic N) is 1. The predicted octanol–water partition coefficient (Wildman–Crippen LogP) is 4.70. The smallest absolute Gasteiger partial charge is 0.124 e. The van der Waals surface area contributed by atoms with Crippen LogP contribution in [-0.2, 0) is 32.1 Å². The lowest BCUT2D eigenvalue weighted by atomic mass is 9.86. The molecule has 0 amide bonds. The van der Waals surface area contributed by atoms with Crippen LogP contribution >= 0.6 is 0 Å². The number of hydrogen-bond acceptors (Lipinski definition) is 4. The summed E-state index contributed by atoms with van der Waals surface area (Å²) in [5.74, 6) is 0.884. The molecule has 29 heavy (non-hydrogen) atoms. The summed E-state index contributed by atoms with van der Waals surface area (Å²) >= 11 is 0. The zero-order valence-corrected chi connectivity index (χ0v) is 17.5. The van der Waals surface area contributed by atoms with Crippen molar-refractivity contribution in [2.75, 3.05) is 29.9 Å². The molecule has 5 rings (SSSR count). The first-order valence-electron chi connectivity index (χ1n) is 11.4. The van der Waals surface area contributed by atoms with E-state index >= 15 is 0 Å². The molecule has 0 radical (unpaired) electrons. The van der Waals surface area contributed by atoms with Crippen molar-refractivity contribution in [3.8, 4) is 11.5 Å². The van der Waals surface area contributed by atoms with Gasteiger partial charge in [0.15, 0.2) is 0 Å². The van der Waals surface area contributed by atoms with E-state index < -0.39 is 0 Å². The summed E-state index contributed by atoms with van der Waals surface area (Å²) in [7, 11) is 0. The minimum absolute atomic E-state index is 0.424. The van der Waals surface area contributed by atoms with Crippen LogP contribution in [-0.4, -0.2) is 29.8 Å². The van der Waals surface area contributed by atoms with Crippen molar-refractivity contribution >= 4 is 11.4 Å². The van der Waals surface area contributed by atoms with Crippen molar-refractivity contribution in [3.63, 3.8) is 0 Å². The highest BCUT2D eigenvalue weighted by Gasteiger charge is 2.28. The van der Waals surface area contributed by atoms with Crippen LogP contribution in [0.25, 0.3) is 0 Å². The second kappa shape index (κ2) is 7.47. The fourth-order valence-electron chi connectivity index (χ4n) is 5.65. The van der Waals surface area contributed by atoms with Gasteiger partial charge in [-0.3, -0.25) is 0 Å². The summed E-state index contributed by atoms with van der Waals surface area (Å²) in [6, 6.07) is 4.38. The Morgan fingerprint density at radius 2 is 1.66 bits per heavy atom. The second-order valence-electron chi connectivity index (χ2n) is 8.92. The van der Waals surface area contributed by atoms with E-state index in [2.05, 4.69) is 29.3 Å². The molecule has 0 fully saturated rings. The first kappa shape index (κ1) is 18.7. The number of aromatic hydroxyl groups is 2. The molecule has 3 aliphatic heterocycles. The largest absolute Gasteiger partial charge is 0.507 e. The number of benzene rings is 2. The third-order valence-corrected chi connectivity index (χ3v) is 6.94. The molecule has 0 aliphatic carbocycles. The highest BCUT2D eigenvalue weighted by atomic mass is 16.3. The molecule has 4 nitrogen and oxygen atoms in total. The Morgan fingerprint density at radius 3 is 2.48 bits per heavy atom. The molecule has 0 saturated heterocycles. The Balaban J connectivity index is 1.58. The molecule has 0 spiro atoms. The number of nitrogens with one attached hydrogen (secondary N) is 1. The molecule has 0 saturated carbocycles. The Kier molecular flexibility index (Phi) is 4.81. The summed E-state index contributed by atoms with van der Waals surface area (Å²) in [4.78, 5) is 2.46. The maximum Gasteiger partial charge on any atom is 0.124 e. The second-order valence-corrected chi connectivity index (χ2v) is 8.92. The molecule has 0 aromatic heterocycles. The van der Waals surface area contributed by atoms with Gasteiger partial charge in [-0.05, 0) is 79.3 Å². The lowest BCUT2D eigenvalue weighted by Gasteiger charge is -2.37. The number of phenolic OH excluding ortho intramolecular Hbond substituents is 2. The van der Waals surface area contributed by atoms with Gasteiger partial charge in [0.2, 0.25) is 0 Å². The number of aryl methyl sites for hydroxylation is 2. The number of rotatable bonds is 4. The maximum atomic E-state index is 11.1. The van der Waals surface area contributed by atoms with Crippen molar-refractivity contribution < 1.29 is 10.2 Å². The van der Waals surface area contributed by atoms with Gasteiger partial charge in [-0.15, -0.1) is 0 Å². The van der Waals surface area contributed by atoms with Crippen LogP contribution in [0.3, 0.4) is 0 Å². The van der Waals surface area contributed by atoms with Crippen LogP contribution in [0.2, 0.25) is 0 Å². The summed E-state index contributed by atoms with van der Waals surface area (Å²) in [6.07, 6.45) is 9.03. The van der Waals surface area contributed by atoms with Crippen LogP contribution in [0.1, 0.15) is 66.0 Å². The molecule has 3 N–H and O–H groups in total. The fraction of sp³-hybridized carbons (Fsp3) is 0.520. The van der Waals surface area contributed by atoms with Gasteiger partial charge in [-0.2, -0.15) is 0 Å². The standard InChI is InChI=1S/C25H32N2O2/c1-2-6-20-22-16(7-3-10-26-22)13-18(24(20)28)15-19-14-17-8-4-11-27-12-5-9-21(23(17)27)25(19)29/h13-14,26,28-29H,2-12,15H2,1H3. The van der Waals surface area contributed by atoms with Gasteiger partial charge >= 0.3 is 0 Å². The van der Waals surface area contributed by atoms with Crippen LogP contribution in [0.5, 0.6) is 11.5 Å². The molecule has 0 unspecified atom stereocenters. The molecule has 3 heterocycles. The van der Waals surface area contributed by atoms with E-state index in [0.29, 0.717) is 17.9 Å². The minimum Gasteiger partial charge on any atom is -0.507 e. The predicted molar refractivity (Wildman–Crippen MR) is 119 cm³/mol. The van der Waals surface area contributed by atoms with Crippen molar-refractivity contribution in [3.05, 3.63) is 45.5 Å². The fourth-order valence-corrected chi connectivity index (χ4v) is 5.65. The van der Waals surface area contributed by atoms with Gasteiger partial charge in [-0.25, -0.2) is 0 Å². The number of phenols is 2. The highest BCUT2D eigenvalue weighted by Crippen LogP contribution is 2.44. The lowest BCUT2D eigenvalue weighted by molar-refractivity contribution is 0.452. The van der Waals surface area contributed by atoms with Gasteiger partial charge < -0.3 is 20.4 Å². The van der Waals surface area contributed by atoms with Crippen LogP contribution < -0.4 is 10.2 Å². The molecule has 3 aliphatic rings. The lowest BCUT2D eigenvalue weighted by Crippen LogP contribution is -2.34. The Morgan fingerprint density at radius 1 is 0.931 bits per heavy atom. The topological polar surface area (TPSA) is 55.7 Å². The van der Waals surface area contributed by atoms with Crippen LogP contribution in [0.15, 0.2) is 12.1 Å². The Bertz CT molecular complexity index is 949. The van der Waals surface area contributed by atoms with Crippen molar-refractivity contribution in [2.24, 2.45) is 0 Å². The van der Waals surface area contributed by atoms with Crippen molar-refractivity contribution in [1.82, 2.24) is 0 Å². The number of fused-ring (bicyclic) bond motifs is 1. The molecule has 2 aromatic rings. The number of hydrogen-bond donors (Lipinski definition) is 3. The van der Waals surface area contributed by atoms with E-state index in [-0.39, 0.29) is 0 Å². The van der Waals surface area contributed by atoms with E-state index in [1.807, 2.05) is 0 Å². The molecular weight excluding hydrogens is 360 g/mol. The molecule has 2 aromatic carbocycles. The van der Waals surface area contributed by atoms with E-state index in [4.69, 9.17) is 0 Å². The normalized spacial score (nSPS) is 17.5. The van der Waals surface area contributed by atoms with Gasteiger partial charge in [0.1, 0.15) is 11.5 Å². The molecule has 4 heteroatoms. The summed E-state index contributed by atoms with van der Waals surface area (Å²) < 4.78 is 0. The minimum atomic E-state index is 0.424. The summed E-state index contributed by atoms with van der Waals surface area (Å²) in [5.41, 5.74) is 9.28. The Hall–Kier alpha value is -2.36. The molecular formula is C25H32N2O2. The first-order chi connectivity index (χ1) is 14.2. The van der Waals surface area contributed by atoms with Crippen molar-refractivity contribution in [1.29, 1.82) is 0 Å². The van der Waals surface area contributed by atoms with E-state index in [1.165, 1.54) is 23.2 Å². The SMILES string of the molecule is CCCc1c(O)c(Cc2cc3c4c(c2O)CCCN4CCC3)cc2c1NCCC2. The third kappa shape index (κ3) is 3.13. The molecule has 154 valence electrons. The summed E-state index contributed by atoms with van der Waals surface area (Å²) in [6.45, 7) is 5.36. The first-order valence-corrected chi connectivity index (χ1v) is 11.4. The van der Waals surface area contributed by atoms with Gasteiger partial charge in [-0.1, -0.05) is 13.3 Å². The summed E-state index contributed by atoms with van der Waals surface area (Å²) in [5, 5.41) is 25.8. The monoisotopic (exact) mass is 392 g/mol. The van der Waals surface area contributed by atoms with Crippen LogP contribution in [0, 0.1) is 0 Å². The van der Waals surface area contributed by atoms with Gasteiger partial charge in [0, 0.05) is 48.6 Å². The zero-order valence-electron chi connectivity index (χ0n) is 17.5. The average Bonchev–Trinajstić information content (AvgIpc) is 2.74. The maximum absolute atomic E-state index is 11.1. The third-order valence-electron chi connectivity index (χ3n) is 6.94. The van der Waals surface area contributed by atoms with E-state index in [9.17, 15) is 10.2 Å². The van der Waals surface area contributed by atoms with E-state index in [0.717, 1.165) is 92.5 Å². The zero-order chi connectivity index (χ0) is 20.0.